The van der Waals surface area contributed by atoms with E-state index in [0.29, 0.717) is 12.3 Å². The standard InChI is InChI=1S/C9H9F3N2O4S/c1-13(19(2,17)18)8-6(9(10,11)12)4-3-5-7(8)14(15)16/h3-5H,1-2H3. The zero-order valence-electron chi connectivity index (χ0n) is 9.80. The molecule has 0 atom stereocenters. The third kappa shape index (κ3) is 3.13. The van der Waals surface area contributed by atoms with Crippen LogP contribution in [0.5, 0.6) is 0 Å². The molecule has 0 aliphatic heterocycles. The Morgan fingerprint density at radius 3 is 2.21 bits per heavy atom. The average molecular weight is 298 g/mol. The number of hydrogen-bond acceptors (Lipinski definition) is 4. The fraction of sp³-hybridized carbons (Fsp3) is 0.333. The van der Waals surface area contributed by atoms with E-state index in [1.165, 1.54) is 0 Å². The van der Waals surface area contributed by atoms with Crippen molar-refractivity contribution in [1.82, 2.24) is 0 Å². The minimum absolute atomic E-state index is 0.244. The lowest BCUT2D eigenvalue weighted by Gasteiger charge is -2.21. The Hall–Kier alpha value is -1.84. The van der Waals surface area contributed by atoms with Crippen molar-refractivity contribution in [3.05, 3.63) is 33.9 Å². The molecule has 0 fully saturated rings. The van der Waals surface area contributed by atoms with Crippen LogP contribution >= 0.6 is 0 Å². The third-order valence-electron chi connectivity index (χ3n) is 2.33. The Labute approximate surface area is 106 Å². The maximum absolute atomic E-state index is 12.8. The predicted molar refractivity (Wildman–Crippen MR) is 61.3 cm³/mol. The molecule has 106 valence electrons. The van der Waals surface area contributed by atoms with E-state index in [1.807, 2.05) is 0 Å². The molecule has 1 aromatic rings. The van der Waals surface area contributed by atoms with Crippen molar-refractivity contribution in [3.8, 4) is 0 Å². The Balaban J connectivity index is 3.70. The molecule has 0 radical (unpaired) electrons. The van der Waals surface area contributed by atoms with E-state index in [4.69, 9.17) is 0 Å². The van der Waals surface area contributed by atoms with Gasteiger partial charge in [0, 0.05) is 13.1 Å². The first-order chi connectivity index (χ1) is 8.46. The van der Waals surface area contributed by atoms with Crippen molar-refractivity contribution in [2.24, 2.45) is 0 Å². The summed E-state index contributed by atoms with van der Waals surface area (Å²) < 4.78 is 61.3. The molecular weight excluding hydrogens is 289 g/mol. The summed E-state index contributed by atoms with van der Waals surface area (Å²) in [7, 11) is -3.24. The number of para-hydroxylation sites is 1. The first-order valence-electron chi connectivity index (χ1n) is 4.74. The minimum atomic E-state index is -4.90. The normalized spacial score (nSPS) is 12.3. The van der Waals surface area contributed by atoms with Crippen LogP contribution in [0.3, 0.4) is 0 Å². The number of hydrogen-bond donors (Lipinski definition) is 0. The van der Waals surface area contributed by atoms with Gasteiger partial charge in [0.1, 0.15) is 5.69 Å². The van der Waals surface area contributed by atoms with Crippen LogP contribution in [-0.2, 0) is 16.2 Å². The molecule has 0 heterocycles. The average Bonchev–Trinajstić information content (AvgIpc) is 2.24. The van der Waals surface area contributed by atoms with Crippen LogP contribution in [0.1, 0.15) is 5.56 Å². The van der Waals surface area contributed by atoms with Gasteiger partial charge in [-0.3, -0.25) is 14.4 Å². The van der Waals surface area contributed by atoms with Crippen LogP contribution in [0.25, 0.3) is 0 Å². The summed E-state index contributed by atoms with van der Waals surface area (Å²) in [6, 6.07) is 2.25. The topological polar surface area (TPSA) is 80.5 Å². The second-order valence-corrected chi connectivity index (χ2v) is 5.67. The van der Waals surface area contributed by atoms with Gasteiger partial charge in [0.25, 0.3) is 5.69 Å². The fourth-order valence-electron chi connectivity index (χ4n) is 1.40. The zero-order valence-corrected chi connectivity index (χ0v) is 10.6. The van der Waals surface area contributed by atoms with E-state index in [2.05, 4.69) is 0 Å². The van der Waals surface area contributed by atoms with Gasteiger partial charge < -0.3 is 0 Å². The van der Waals surface area contributed by atoms with E-state index < -0.39 is 38.1 Å². The fourth-order valence-corrected chi connectivity index (χ4v) is 1.93. The Bertz CT molecular complexity index is 612. The molecule has 0 amide bonds. The molecule has 0 N–H and O–H groups in total. The monoisotopic (exact) mass is 298 g/mol. The smallest absolute Gasteiger partial charge is 0.266 e. The molecular formula is C9H9F3N2O4S. The maximum Gasteiger partial charge on any atom is 0.418 e. The number of benzene rings is 1. The maximum atomic E-state index is 12.8. The van der Waals surface area contributed by atoms with Crippen LogP contribution in [-0.4, -0.2) is 26.6 Å². The highest BCUT2D eigenvalue weighted by molar-refractivity contribution is 7.92. The highest BCUT2D eigenvalue weighted by Crippen LogP contribution is 2.41. The van der Waals surface area contributed by atoms with Gasteiger partial charge in [-0.1, -0.05) is 6.07 Å². The van der Waals surface area contributed by atoms with Crippen molar-refractivity contribution < 1.29 is 26.5 Å². The van der Waals surface area contributed by atoms with Crippen LogP contribution < -0.4 is 4.31 Å². The SMILES string of the molecule is CN(c1c([N+](=O)[O-])cccc1C(F)(F)F)S(C)(=O)=O. The number of sulfonamides is 1. The van der Waals surface area contributed by atoms with Gasteiger partial charge in [-0.15, -0.1) is 0 Å². The lowest BCUT2D eigenvalue weighted by atomic mass is 10.1. The number of nitro groups is 1. The van der Waals surface area contributed by atoms with Gasteiger partial charge in [-0.05, 0) is 6.07 Å². The Morgan fingerprint density at radius 2 is 1.84 bits per heavy atom. The van der Waals surface area contributed by atoms with Gasteiger partial charge in [0.05, 0.1) is 16.7 Å². The number of rotatable bonds is 3. The number of nitrogens with zero attached hydrogens (tertiary/aromatic N) is 2. The molecule has 19 heavy (non-hydrogen) atoms. The highest BCUT2D eigenvalue weighted by Gasteiger charge is 2.39. The summed E-state index contributed by atoms with van der Waals surface area (Å²) in [5.74, 6) is 0. The quantitative estimate of drug-likeness (QED) is 0.631. The van der Waals surface area contributed by atoms with Crippen LogP contribution in [0.15, 0.2) is 18.2 Å². The van der Waals surface area contributed by atoms with Crippen molar-refractivity contribution in [2.45, 2.75) is 6.18 Å². The number of anilines is 1. The first-order valence-corrected chi connectivity index (χ1v) is 6.59. The van der Waals surface area contributed by atoms with Crippen molar-refractivity contribution in [3.63, 3.8) is 0 Å². The van der Waals surface area contributed by atoms with E-state index in [9.17, 15) is 31.7 Å². The van der Waals surface area contributed by atoms with Gasteiger partial charge in [-0.2, -0.15) is 13.2 Å². The van der Waals surface area contributed by atoms with Crippen LogP contribution in [0.4, 0.5) is 24.5 Å². The largest absolute Gasteiger partial charge is 0.418 e. The van der Waals surface area contributed by atoms with E-state index in [-0.39, 0.29) is 4.31 Å². The lowest BCUT2D eigenvalue weighted by molar-refractivity contribution is -0.384. The van der Waals surface area contributed by atoms with Gasteiger partial charge in [0.2, 0.25) is 10.0 Å². The van der Waals surface area contributed by atoms with Crippen LogP contribution in [0.2, 0.25) is 0 Å². The predicted octanol–water partition coefficient (Wildman–Crippen LogP) is 2.01. The molecule has 0 unspecified atom stereocenters. The Morgan fingerprint density at radius 1 is 1.32 bits per heavy atom. The number of nitro benzene ring substituents is 1. The molecule has 10 heteroatoms. The first kappa shape index (κ1) is 15.2. The molecule has 0 saturated heterocycles. The third-order valence-corrected chi connectivity index (χ3v) is 3.51. The van der Waals surface area contributed by atoms with E-state index in [1.54, 1.807) is 0 Å². The molecule has 0 saturated carbocycles. The summed E-state index contributed by atoms with van der Waals surface area (Å²) >= 11 is 0. The highest BCUT2D eigenvalue weighted by atomic mass is 32.2. The minimum Gasteiger partial charge on any atom is -0.266 e. The zero-order chi connectivity index (χ0) is 15.0. The van der Waals surface area contributed by atoms with E-state index in [0.717, 1.165) is 19.2 Å². The summed E-state index contributed by atoms with van der Waals surface area (Å²) in [6.45, 7) is 0. The Kier molecular flexibility index (Phi) is 3.75. The lowest BCUT2D eigenvalue weighted by Crippen LogP contribution is -2.28. The molecule has 0 spiro atoms. The van der Waals surface area contributed by atoms with Crippen molar-refractivity contribution in [1.29, 1.82) is 0 Å². The molecule has 0 aliphatic carbocycles. The summed E-state index contributed by atoms with van der Waals surface area (Å²) in [5.41, 5.74) is -3.31. The van der Waals surface area contributed by atoms with E-state index >= 15 is 0 Å². The molecule has 6 nitrogen and oxygen atoms in total. The second kappa shape index (κ2) is 4.68. The van der Waals surface area contributed by atoms with Crippen LogP contribution in [0, 0.1) is 10.1 Å². The van der Waals surface area contributed by atoms with Gasteiger partial charge in [-0.25, -0.2) is 8.42 Å². The summed E-state index contributed by atoms with van der Waals surface area (Å²) in [5, 5.41) is 10.7. The summed E-state index contributed by atoms with van der Waals surface area (Å²) in [6.07, 6.45) is -4.25. The molecule has 1 rings (SSSR count). The van der Waals surface area contributed by atoms with Crippen molar-refractivity contribution in [2.75, 3.05) is 17.6 Å². The van der Waals surface area contributed by atoms with Crippen molar-refractivity contribution >= 4 is 21.4 Å². The number of alkyl halides is 3. The van der Waals surface area contributed by atoms with Gasteiger partial charge >= 0.3 is 6.18 Å². The molecule has 0 aliphatic rings. The molecule has 1 aromatic carbocycles. The number of halogens is 3. The van der Waals surface area contributed by atoms with Gasteiger partial charge in [0.15, 0.2) is 0 Å². The second-order valence-electron chi connectivity index (χ2n) is 3.66. The molecule has 0 bridgehead atoms. The summed E-state index contributed by atoms with van der Waals surface area (Å²) in [4.78, 5) is 9.69. The molecule has 0 aromatic heterocycles.